The maximum Gasteiger partial charge on any atom is 0.226 e. The van der Waals surface area contributed by atoms with Gasteiger partial charge in [-0.2, -0.15) is 0 Å². The van der Waals surface area contributed by atoms with Gasteiger partial charge in [0, 0.05) is 52.2 Å². The summed E-state index contributed by atoms with van der Waals surface area (Å²) < 4.78 is 0. The molecule has 1 fully saturated rings. The van der Waals surface area contributed by atoms with Crippen molar-refractivity contribution in [3.63, 3.8) is 0 Å². The fraction of sp³-hybridized carbons (Fsp3) is 0.923. The minimum atomic E-state index is 0.108. The average molecular weight is 241 g/mol. The van der Waals surface area contributed by atoms with E-state index in [4.69, 9.17) is 0 Å². The predicted molar refractivity (Wildman–Crippen MR) is 70.9 cm³/mol. The van der Waals surface area contributed by atoms with E-state index in [9.17, 15) is 4.79 Å². The van der Waals surface area contributed by atoms with E-state index in [1.165, 1.54) is 0 Å². The van der Waals surface area contributed by atoms with Gasteiger partial charge in [-0.1, -0.05) is 20.8 Å². The average Bonchev–Trinajstić information content (AvgIpc) is 2.28. The van der Waals surface area contributed by atoms with Crippen molar-refractivity contribution in [2.45, 2.75) is 20.8 Å². The lowest BCUT2D eigenvalue weighted by atomic mass is 10.1. The molecule has 1 heterocycles. The van der Waals surface area contributed by atoms with Crippen LogP contribution in [0.5, 0.6) is 0 Å². The Labute approximate surface area is 105 Å². The van der Waals surface area contributed by atoms with Gasteiger partial charge in [-0.3, -0.25) is 4.79 Å². The topological polar surface area (TPSA) is 35.6 Å². The molecule has 0 aliphatic carbocycles. The first-order valence-corrected chi connectivity index (χ1v) is 6.68. The third-order valence-electron chi connectivity index (χ3n) is 3.18. The Hall–Kier alpha value is -0.610. The van der Waals surface area contributed by atoms with E-state index in [2.05, 4.69) is 24.1 Å². The third kappa shape index (κ3) is 5.04. The molecule has 1 unspecified atom stereocenters. The second kappa shape index (κ2) is 6.97. The van der Waals surface area contributed by atoms with Gasteiger partial charge in [0.15, 0.2) is 0 Å². The number of hydrogen-bond acceptors (Lipinski definition) is 3. The second-order valence-electron chi connectivity index (χ2n) is 5.56. The van der Waals surface area contributed by atoms with Crippen LogP contribution in [-0.2, 0) is 4.79 Å². The molecule has 0 aromatic carbocycles. The first kappa shape index (κ1) is 14.5. The van der Waals surface area contributed by atoms with Gasteiger partial charge < -0.3 is 15.1 Å². The molecule has 1 saturated heterocycles. The van der Waals surface area contributed by atoms with E-state index in [1.54, 1.807) is 0 Å². The van der Waals surface area contributed by atoms with Crippen LogP contribution >= 0.6 is 0 Å². The molecule has 0 aromatic rings. The van der Waals surface area contributed by atoms with Gasteiger partial charge in [-0.05, 0) is 5.92 Å². The highest BCUT2D eigenvalue weighted by atomic mass is 16.2. The lowest BCUT2D eigenvalue weighted by molar-refractivity contribution is -0.134. The Bertz CT molecular complexity index is 237. The van der Waals surface area contributed by atoms with Gasteiger partial charge in [0.2, 0.25) is 5.91 Å². The summed E-state index contributed by atoms with van der Waals surface area (Å²) in [5.74, 6) is 0.921. The van der Waals surface area contributed by atoms with E-state index in [-0.39, 0.29) is 11.8 Å². The van der Waals surface area contributed by atoms with Crippen LogP contribution in [0.3, 0.4) is 0 Å². The quantitative estimate of drug-likeness (QED) is 0.767. The molecule has 1 aliphatic rings. The van der Waals surface area contributed by atoms with Gasteiger partial charge in [0.1, 0.15) is 0 Å². The minimum absolute atomic E-state index is 0.108. The molecule has 17 heavy (non-hydrogen) atoms. The van der Waals surface area contributed by atoms with Crippen LogP contribution < -0.4 is 5.32 Å². The normalized spacial score (nSPS) is 19.4. The summed E-state index contributed by atoms with van der Waals surface area (Å²) in [4.78, 5) is 16.4. The molecule has 0 radical (unpaired) electrons. The summed E-state index contributed by atoms with van der Waals surface area (Å²) >= 11 is 0. The lowest BCUT2D eigenvalue weighted by Gasteiger charge is -2.31. The maximum absolute atomic E-state index is 12.1. The zero-order valence-electron chi connectivity index (χ0n) is 11.7. The summed E-state index contributed by atoms with van der Waals surface area (Å²) in [6, 6.07) is 0. The van der Waals surface area contributed by atoms with Crippen molar-refractivity contribution in [3.8, 4) is 0 Å². The van der Waals surface area contributed by atoms with E-state index in [0.717, 1.165) is 39.3 Å². The number of amides is 1. The smallest absolute Gasteiger partial charge is 0.226 e. The Balaban J connectivity index is 2.34. The standard InChI is InChI=1S/C13H27N3O/c1-11(2)9-15(4)13(17)12(3)10-16-7-5-14-6-8-16/h11-12,14H,5-10H2,1-4H3. The molecule has 4 heteroatoms. The molecule has 0 bridgehead atoms. The SMILES string of the molecule is CC(C)CN(C)C(=O)C(C)CN1CCNCC1. The number of rotatable bonds is 5. The molecule has 0 aromatic heterocycles. The number of hydrogen-bond donors (Lipinski definition) is 1. The molecule has 1 rings (SSSR count). The van der Waals surface area contributed by atoms with Crippen molar-refractivity contribution in [3.05, 3.63) is 0 Å². The van der Waals surface area contributed by atoms with Crippen LogP contribution in [0.25, 0.3) is 0 Å². The molecular weight excluding hydrogens is 214 g/mol. The van der Waals surface area contributed by atoms with Gasteiger partial charge in [0.25, 0.3) is 0 Å². The lowest BCUT2D eigenvalue weighted by Crippen LogP contribution is -2.47. The number of carbonyl (C=O) groups is 1. The minimum Gasteiger partial charge on any atom is -0.345 e. The van der Waals surface area contributed by atoms with E-state index in [0.29, 0.717) is 5.92 Å². The zero-order chi connectivity index (χ0) is 12.8. The van der Waals surface area contributed by atoms with Gasteiger partial charge in [-0.15, -0.1) is 0 Å². The number of nitrogens with one attached hydrogen (secondary N) is 1. The van der Waals surface area contributed by atoms with Crippen molar-refractivity contribution in [1.82, 2.24) is 15.1 Å². The Morgan fingerprint density at radius 3 is 2.41 bits per heavy atom. The summed E-state index contributed by atoms with van der Waals surface area (Å²) in [6.45, 7) is 12.3. The van der Waals surface area contributed by atoms with Crippen LogP contribution in [0.4, 0.5) is 0 Å². The van der Waals surface area contributed by atoms with E-state index < -0.39 is 0 Å². The first-order chi connectivity index (χ1) is 8.00. The highest BCUT2D eigenvalue weighted by Crippen LogP contribution is 2.07. The van der Waals surface area contributed by atoms with Crippen LogP contribution in [0.15, 0.2) is 0 Å². The third-order valence-corrected chi connectivity index (χ3v) is 3.18. The fourth-order valence-electron chi connectivity index (χ4n) is 2.37. The summed E-state index contributed by atoms with van der Waals surface area (Å²) in [5.41, 5.74) is 0. The van der Waals surface area contributed by atoms with Crippen molar-refractivity contribution in [2.75, 3.05) is 46.3 Å². The summed E-state index contributed by atoms with van der Waals surface area (Å²) in [6.07, 6.45) is 0. The molecular formula is C13H27N3O. The second-order valence-corrected chi connectivity index (χ2v) is 5.56. The monoisotopic (exact) mass is 241 g/mol. The Morgan fingerprint density at radius 1 is 1.29 bits per heavy atom. The number of carbonyl (C=O) groups excluding carboxylic acids is 1. The van der Waals surface area contributed by atoms with E-state index in [1.807, 2.05) is 18.9 Å². The van der Waals surface area contributed by atoms with E-state index >= 15 is 0 Å². The molecule has 4 nitrogen and oxygen atoms in total. The van der Waals surface area contributed by atoms with Crippen molar-refractivity contribution in [1.29, 1.82) is 0 Å². The van der Waals surface area contributed by atoms with Crippen molar-refractivity contribution < 1.29 is 4.79 Å². The van der Waals surface area contributed by atoms with Crippen LogP contribution in [0.1, 0.15) is 20.8 Å². The Kier molecular flexibility index (Phi) is 5.92. The molecule has 0 spiro atoms. The molecule has 1 aliphatic heterocycles. The van der Waals surface area contributed by atoms with Crippen LogP contribution in [0, 0.1) is 11.8 Å². The van der Waals surface area contributed by atoms with Crippen LogP contribution in [0.2, 0.25) is 0 Å². The predicted octanol–water partition coefficient (Wildman–Crippen LogP) is 0.642. The first-order valence-electron chi connectivity index (χ1n) is 6.68. The highest BCUT2D eigenvalue weighted by Gasteiger charge is 2.21. The molecule has 1 N–H and O–H groups in total. The van der Waals surface area contributed by atoms with Crippen molar-refractivity contribution >= 4 is 5.91 Å². The largest absolute Gasteiger partial charge is 0.345 e. The number of piperazine rings is 1. The number of nitrogens with zero attached hydrogens (tertiary/aromatic N) is 2. The summed E-state index contributed by atoms with van der Waals surface area (Å²) in [7, 11) is 1.91. The van der Waals surface area contributed by atoms with Gasteiger partial charge in [-0.25, -0.2) is 0 Å². The maximum atomic E-state index is 12.1. The molecule has 100 valence electrons. The summed E-state index contributed by atoms with van der Waals surface area (Å²) in [5, 5.41) is 3.33. The zero-order valence-corrected chi connectivity index (χ0v) is 11.7. The fourth-order valence-corrected chi connectivity index (χ4v) is 2.37. The van der Waals surface area contributed by atoms with Crippen LogP contribution in [-0.4, -0.2) is 62.0 Å². The van der Waals surface area contributed by atoms with Crippen molar-refractivity contribution in [2.24, 2.45) is 11.8 Å². The molecule has 1 atom stereocenters. The molecule has 0 saturated carbocycles. The van der Waals surface area contributed by atoms with Gasteiger partial charge >= 0.3 is 0 Å². The highest BCUT2D eigenvalue weighted by molar-refractivity contribution is 5.78. The molecule has 1 amide bonds. The van der Waals surface area contributed by atoms with Gasteiger partial charge in [0.05, 0.1) is 0 Å². The Morgan fingerprint density at radius 2 is 1.88 bits per heavy atom.